The zero-order chi connectivity index (χ0) is 6.24. The average Bonchev–Trinajstić information content (AvgIpc) is 1.81. The second-order valence-electron chi connectivity index (χ2n) is 1.14. The molecule has 0 unspecified atom stereocenters. The maximum Gasteiger partial charge on any atom is 0.0218 e. The van der Waals surface area contributed by atoms with E-state index in [9.17, 15) is 0 Å². The zero-order valence-corrected chi connectivity index (χ0v) is 6.60. The molecule has 0 aromatic heterocycles. The van der Waals surface area contributed by atoms with Crippen molar-refractivity contribution in [3.8, 4) is 0 Å². The molecule has 0 amide bonds. The topological polar surface area (TPSA) is 0 Å². The highest BCUT2D eigenvalue weighted by atomic mass is 33.1. The van der Waals surface area contributed by atoms with Gasteiger partial charge >= 0.3 is 0 Å². The molecule has 0 radical (unpaired) electrons. The molecule has 0 aromatic rings. The molecule has 0 saturated heterocycles. The molecule has 8 heavy (non-hydrogen) atoms. The van der Waals surface area contributed by atoms with Crippen LogP contribution in [-0.4, -0.2) is 5.75 Å². The maximum absolute atomic E-state index is 3.60. The molecule has 46 valence electrons. The van der Waals surface area contributed by atoms with Crippen molar-refractivity contribution < 1.29 is 0 Å². The largest absolute Gasteiger partial charge is 0.102 e. The van der Waals surface area contributed by atoms with E-state index >= 15 is 0 Å². The summed E-state index contributed by atoms with van der Waals surface area (Å²) in [6.07, 6.45) is 3.93. The van der Waals surface area contributed by atoms with E-state index in [1.807, 2.05) is 19.1 Å². The normalized spacial score (nSPS) is 10.1. The van der Waals surface area contributed by atoms with Crippen LogP contribution in [0.25, 0.3) is 0 Å². The molecular weight excluding hydrogens is 136 g/mol. The molecular formula is C6H10S2. The third kappa shape index (κ3) is 6.18. The molecule has 0 fully saturated rings. The van der Waals surface area contributed by atoms with Gasteiger partial charge in [0.25, 0.3) is 0 Å². The van der Waals surface area contributed by atoms with Crippen LogP contribution >= 0.6 is 21.6 Å². The van der Waals surface area contributed by atoms with E-state index in [0.29, 0.717) is 0 Å². The van der Waals surface area contributed by atoms with Crippen LogP contribution in [0.1, 0.15) is 6.92 Å². The fourth-order valence-electron chi connectivity index (χ4n) is 0.182. The smallest absolute Gasteiger partial charge is 0.0218 e. The van der Waals surface area contributed by atoms with Crippen LogP contribution in [0, 0.1) is 0 Å². The van der Waals surface area contributed by atoms with Crippen LogP contribution in [0.2, 0.25) is 0 Å². The van der Waals surface area contributed by atoms with Gasteiger partial charge in [0.15, 0.2) is 0 Å². The molecule has 0 heterocycles. The van der Waals surface area contributed by atoms with Crippen molar-refractivity contribution in [1.29, 1.82) is 0 Å². The van der Waals surface area contributed by atoms with Gasteiger partial charge in [0.2, 0.25) is 0 Å². The third-order valence-electron chi connectivity index (χ3n) is 0.446. The summed E-state index contributed by atoms with van der Waals surface area (Å²) in [7, 11) is 3.53. The van der Waals surface area contributed by atoms with Crippen molar-refractivity contribution in [2.75, 3.05) is 5.75 Å². The predicted octanol–water partition coefficient (Wildman–Crippen LogP) is 3.09. The van der Waals surface area contributed by atoms with Crippen molar-refractivity contribution in [3.63, 3.8) is 0 Å². The lowest BCUT2D eigenvalue weighted by Gasteiger charge is -1.85. The van der Waals surface area contributed by atoms with E-state index < -0.39 is 0 Å². The molecule has 0 spiro atoms. The highest BCUT2D eigenvalue weighted by Gasteiger charge is 1.75. The minimum absolute atomic E-state index is 1.02. The number of hydrogen-bond donors (Lipinski definition) is 0. The number of hydrogen-bond acceptors (Lipinski definition) is 2. The summed E-state index contributed by atoms with van der Waals surface area (Å²) in [5.74, 6) is 1.02. The molecule has 0 atom stereocenters. The first-order valence-corrected chi connectivity index (χ1v) is 4.80. The minimum Gasteiger partial charge on any atom is -0.102 e. The van der Waals surface area contributed by atoms with Gasteiger partial charge in [-0.25, -0.2) is 0 Å². The minimum atomic E-state index is 1.02. The monoisotopic (exact) mass is 146 g/mol. The van der Waals surface area contributed by atoms with Crippen molar-refractivity contribution >= 4 is 21.6 Å². The van der Waals surface area contributed by atoms with Gasteiger partial charge in [-0.05, 0) is 12.3 Å². The van der Waals surface area contributed by atoms with E-state index in [2.05, 4.69) is 12.0 Å². The molecule has 0 nitrogen and oxygen atoms in total. The number of rotatable bonds is 4. The number of allylic oxidation sites excluding steroid dienone is 1. The van der Waals surface area contributed by atoms with Gasteiger partial charge in [-0.15, -0.1) is 6.58 Å². The summed E-state index contributed by atoms with van der Waals surface area (Å²) in [5.41, 5.74) is 0. The molecule has 0 rings (SSSR count). The van der Waals surface area contributed by atoms with Crippen LogP contribution in [-0.2, 0) is 0 Å². The highest BCUT2D eigenvalue weighted by Crippen LogP contribution is 2.21. The molecule has 0 aliphatic heterocycles. The second-order valence-corrected chi connectivity index (χ2v) is 3.46. The van der Waals surface area contributed by atoms with Crippen molar-refractivity contribution in [3.05, 3.63) is 24.1 Å². The molecule has 2 heteroatoms. The standard InChI is InChI=1S/C6H10S2/c1-3-5-7-8-6-4-2/h3-4,6H,1,5H2,2H3/b6-4-. The Kier molecular flexibility index (Phi) is 7.34. The van der Waals surface area contributed by atoms with Gasteiger partial charge in [-0.2, -0.15) is 0 Å². The van der Waals surface area contributed by atoms with Crippen molar-refractivity contribution in [1.82, 2.24) is 0 Å². The SMILES string of the molecule is C=CCSS/C=C\C. The van der Waals surface area contributed by atoms with Crippen LogP contribution in [0.15, 0.2) is 24.1 Å². The molecule has 0 aromatic carbocycles. The van der Waals surface area contributed by atoms with Gasteiger partial charge in [0.05, 0.1) is 0 Å². The molecule has 0 aliphatic carbocycles. The zero-order valence-electron chi connectivity index (χ0n) is 4.96. The lowest BCUT2D eigenvalue weighted by Crippen LogP contribution is -1.56. The van der Waals surface area contributed by atoms with E-state index in [1.165, 1.54) is 0 Å². The van der Waals surface area contributed by atoms with Crippen molar-refractivity contribution in [2.24, 2.45) is 0 Å². The summed E-state index contributed by atoms with van der Waals surface area (Å²) in [6, 6.07) is 0. The molecule has 0 aliphatic rings. The Morgan fingerprint density at radius 3 is 2.88 bits per heavy atom. The van der Waals surface area contributed by atoms with Gasteiger partial charge < -0.3 is 0 Å². The Hall–Kier alpha value is 0.180. The maximum atomic E-state index is 3.60. The molecule has 0 saturated carbocycles. The Morgan fingerprint density at radius 1 is 1.62 bits per heavy atom. The van der Waals surface area contributed by atoms with E-state index in [1.54, 1.807) is 21.6 Å². The van der Waals surface area contributed by atoms with Crippen LogP contribution in [0.4, 0.5) is 0 Å². The fraction of sp³-hybridized carbons (Fsp3) is 0.333. The summed E-state index contributed by atoms with van der Waals surface area (Å²) in [5, 5.41) is 2.06. The first-order chi connectivity index (χ1) is 3.91. The Morgan fingerprint density at radius 2 is 2.38 bits per heavy atom. The van der Waals surface area contributed by atoms with E-state index in [-0.39, 0.29) is 0 Å². The lowest BCUT2D eigenvalue weighted by molar-refractivity contribution is 1.79. The van der Waals surface area contributed by atoms with E-state index in [4.69, 9.17) is 0 Å². The Bertz CT molecular complexity index is 76.6. The van der Waals surface area contributed by atoms with Crippen LogP contribution in [0.3, 0.4) is 0 Å². The third-order valence-corrected chi connectivity index (χ3v) is 2.49. The van der Waals surface area contributed by atoms with Crippen molar-refractivity contribution in [2.45, 2.75) is 6.92 Å². The van der Waals surface area contributed by atoms with Crippen LogP contribution < -0.4 is 0 Å². The predicted molar refractivity (Wildman–Crippen MR) is 45.1 cm³/mol. The second kappa shape index (κ2) is 7.18. The lowest BCUT2D eigenvalue weighted by atomic mass is 10.8. The summed E-state index contributed by atoms with van der Waals surface area (Å²) < 4.78 is 0. The van der Waals surface area contributed by atoms with Gasteiger partial charge in [-0.1, -0.05) is 33.7 Å². The average molecular weight is 146 g/mol. The van der Waals surface area contributed by atoms with Gasteiger partial charge in [0.1, 0.15) is 0 Å². The molecule has 0 bridgehead atoms. The summed E-state index contributed by atoms with van der Waals surface area (Å²) >= 11 is 0. The fourth-order valence-corrected chi connectivity index (χ4v) is 1.64. The summed E-state index contributed by atoms with van der Waals surface area (Å²) in [4.78, 5) is 0. The quantitative estimate of drug-likeness (QED) is 0.339. The summed E-state index contributed by atoms with van der Waals surface area (Å²) in [6.45, 7) is 5.62. The molecule has 0 N–H and O–H groups in total. The Balaban J connectivity index is 2.82. The first kappa shape index (κ1) is 8.18. The van der Waals surface area contributed by atoms with E-state index in [0.717, 1.165) is 5.75 Å². The van der Waals surface area contributed by atoms with Crippen LogP contribution in [0.5, 0.6) is 0 Å². The Labute approximate surface area is 58.8 Å². The van der Waals surface area contributed by atoms with Gasteiger partial charge in [-0.3, -0.25) is 0 Å². The first-order valence-electron chi connectivity index (χ1n) is 2.42. The van der Waals surface area contributed by atoms with Gasteiger partial charge in [0, 0.05) is 5.75 Å². The highest BCUT2D eigenvalue weighted by molar-refractivity contribution is 8.77.